The smallest absolute Gasteiger partial charge is 0.131 e. The summed E-state index contributed by atoms with van der Waals surface area (Å²) in [7, 11) is -1.79. The van der Waals surface area contributed by atoms with Crippen molar-refractivity contribution in [2.45, 2.75) is 0 Å². The van der Waals surface area contributed by atoms with Crippen molar-refractivity contribution in [1.82, 2.24) is 0 Å². The largest absolute Gasteiger partial charge is 0.317 e. The molecule has 0 saturated heterocycles. The Morgan fingerprint density at radius 2 is 1.00 bits per heavy atom. The van der Waals surface area contributed by atoms with Gasteiger partial charge in [0.2, 0.25) is 0 Å². The van der Waals surface area contributed by atoms with E-state index in [1.807, 2.05) is 60.7 Å². The fraction of sp³-hybridized carbons (Fsp3) is 0. The lowest BCUT2D eigenvalue weighted by Gasteiger charge is -2.01. The summed E-state index contributed by atoms with van der Waals surface area (Å²) in [6.45, 7) is 0. The minimum Gasteiger partial charge on any atom is -0.317 e. The number of hydrogen-bond donors (Lipinski definition) is 0. The molecule has 0 aliphatic carbocycles. The molecule has 1 nitrogen and oxygen atoms in total. The molecule has 0 saturated carbocycles. The quantitative estimate of drug-likeness (QED) is 0.713. The van der Waals surface area contributed by atoms with Gasteiger partial charge in [0, 0.05) is 10.6 Å². The molecule has 0 bridgehead atoms. The van der Waals surface area contributed by atoms with Crippen LogP contribution in [0, 0.1) is 0 Å². The average molecular weight is 222 g/mol. The van der Waals surface area contributed by atoms with Crippen molar-refractivity contribution in [3.8, 4) is 0 Å². The van der Waals surface area contributed by atoms with Gasteiger partial charge >= 0.3 is 0 Å². The van der Waals surface area contributed by atoms with Crippen LogP contribution in [0.5, 0.6) is 0 Å². The molecular formula is C12H12FOP. The van der Waals surface area contributed by atoms with Crippen molar-refractivity contribution in [2.75, 3.05) is 0 Å². The summed E-state index contributed by atoms with van der Waals surface area (Å²) < 4.78 is 12.0. The maximum absolute atomic E-state index is 12.0. The van der Waals surface area contributed by atoms with Gasteiger partial charge in [0.05, 0.1) is 0 Å². The number of hydrogen-bond acceptors (Lipinski definition) is 1. The lowest BCUT2D eigenvalue weighted by atomic mass is 10.4. The highest BCUT2D eigenvalue weighted by atomic mass is 31.1. The Balaban J connectivity index is 0.00000112. The molecule has 0 radical (unpaired) electrons. The van der Waals surface area contributed by atoms with E-state index in [1.54, 1.807) is 0 Å². The Labute approximate surface area is 88.9 Å². The summed E-state index contributed by atoms with van der Waals surface area (Å²) in [5.41, 5.74) is 0. The first-order valence-corrected chi connectivity index (χ1v) is 5.93. The molecule has 3 heteroatoms. The Hall–Kier alpha value is -1.40. The Kier molecular flexibility index (Phi) is 4.26. The first-order chi connectivity index (χ1) is 6.88. The van der Waals surface area contributed by atoms with Gasteiger partial charge in [0.25, 0.3) is 0 Å². The first-order valence-electron chi connectivity index (χ1n) is 4.53. The second-order valence-electron chi connectivity index (χ2n) is 3.06. The van der Waals surface area contributed by atoms with Crippen LogP contribution in [0.25, 0.3) is 0 Å². The second kappa shape index (κ2) is 5.47. The zero-order chi connectivity index (χ0) is 9.80. The summed E-state index contributed by atoms with van der Waals surface area (Å²) in [5, 5.41) is 1.84. The summed E-state index contributed by atoms with van der Waals surface area (Å²) in [6, 6.07) is 19.2. The van der Waals surface area contributed by atoms with Crippen LogP contribution in [0.15, 0.2) is 60.7 Å². The molecule has 2 rings (SSSR count). The zero-order valence-electron chi connectivity index (χ0n) is 8.09. The summed E-state index contributed by atoms with van der Waals surface area (Å²) in [5.74, 6) is 0. The molecule has 2 aromatic rings. The maximum Gasteiger partial charge on any atom is 0.131 e. The molecule has 0 N–H and O–H groups in total. The Morgan fingerprint density at radius 1 is 0.667 bits per heavy atom. The van der Waals surface area contributed by atoms with Crippen LogP contribution in [-0.4, -0.2) is 0 Å². The third-order valence-corrected chi connectivity index (χ3v) is 3.79. The van der Waals surface area contributed by atoms with Gasteiger partial charge in [-0.3, -0.25) is 4.70 Å². The van der Waals surface area contributed by atoms with Crippen LogP contribution in [0.3, 0.4) is 0 Å². The van der Waals surface area contributed by atoms with E-state index in [1.165, 1.54) is 0 Å². The lowest BCUT2D eigenvalue weighted by molar-refractivity contribution is 0.598. The number of benzene rings is 2. The molecule has 2 aromatic carbocycles. The molecule has 0 atom stereocenters. The fourth-order valence-corrected chi connectivity index (χ4v) is 2.67. The minimum atomic E-state index is -1.79. The zero-order valence-corrected chi connectivity index (χ0v) is 9.09. The second-order valence-corrected chi connectivity index (χ2v) is 4.87. The molecule has 0 heterocycles. The molecule has 0 amide bonds. The third kappa shape index (κ3) is 2.77. The van der Waals surface area contributed by atoms with Crippen LogP contribution >= 0.6 is 7.80 Å². The van der Waals surface area contributed by atoms with Gasteiger partial charge in [0.15, 0.2) is 0 Å². The van der Waals surface area contributed by atoms with Crippen LogP contribution < -0.4 is 10.6 Å². The maximum atomic E-state index is 12.0. The van der Waals surface area contributed by atoms with E-state index in [2.05, 4.69) is 0 Å². The van der Waals surface area contributed by atoms with Gasteiger partial charge in [-0.05, 0) is 0 Å². The SMILES string of the molecule is F.O=[PH](c1ccccc1)c1ccccc1. The van der Waals surface area contributed by atoms with E-state index in [0.717, 1.165) is 10.6 Å². The minimum absolute atomic E-state index is 0. The summed E-state index contributed by atoms with van der Waals surface area (Å²) >= 11 is 0. The molecule has 15 heavy (non-hydrogen) atoms. The highest BCUT2D eigenvalue weighted by Crippen LogP contribution is 2.18. The highest BCUT2D eigenvalue weighted by molar-refractivity contribution is 7.61. The van der Waals surface area contributed by atoms with Crippen molar-refractivity contribution in [2.24, 2.45) is 0 Å². The third-order valence-electron chi connectivity index (χ3n) is 2.07. The van der Waals surface area contributed by atoms with E-state index >= 15 is 0 Å². The van der Waals surface area contributed by atoms with Crippen LogP contribution in [0.1, 0.15) is 0 Å². The fourth-order valence-electron chi connectivity index (χ4n) is 1.35. The van der Waals surface area contributed by atoms with Gasteiger partial charge in [-0.15, -0.1) is 0 Å². The average Bonchev–Trinajstić information content (AvgIpc) is 2.30. The summed E-state index contributed by atoms with van der Waals surface area (Å²) in [4.78, 5) is 0. The van der Waals surface area contributed by atoms with Gasteiger partial charge in [-0.25, -0.2) is 0 Å². The molecular weight excluding hydrogens is 210 g/mol. The monoisotopic (exact) mass is 222 g/mol. The van der Waals surface area contributed by atoms with Gasteiger partial charge in [-0.2, -0.15) is 0 Å². The molecule has 0 aliphatic rings. The van der Waals surface area contributed by atoms with Crippen molar-refractivity contribution in [1.29, 1.82) is 0 Å². The van der Waals surface area contributed by atoms with E-state index in [-0.39, 0.29) is 4.70 Å². The van der Waals surface area contributed by atoms with E-state index in [9.17, 15) is 4.57 Å². The van der Waals surface area contributed by atoms with Crippen LogP contribution in [0.2, 0.25) is 0 Å². The molecule has 0 unspecified atom stereocenters. The predicted octanol–water partition coefficient (Wildman–Crippen LogP) is 2.35. The molecule has 0 aromatic heterocycles. The van der Waals surface area contributed by atoms with Gasteiger partial charge in [0.1, 0.15) is 7.80 Å². The number of halogens is 1. The topological polar surface area (TPSA) is 17.1 Å². The van der Waals surface area contributed by atoms with Crippen molar-refractivity contribution in [3.63, 3.8) is 0 Å². The lowest BCUT2D eigenvalue weighted by Crippen LogP contribution is -2.04. The van der Waals surface area contributed by atoms with E-state index in [0.29, 0.717) is 0 Å². The molecule has 0 fully saturated rings. The first kappa shape index (κ1) is 11.7. The van der Waals surface area contributed by atoms with E-state index < -0.39 is 7.80 Å². The van der Waals surface area contributed by atoms with Crippen molar-refractivity contribution in [3.05, 3.63) is 60.7 Å². The standard InChI is InChI=1S/C12H11OP.FH/c13-14(11-7-3-1-4-8-11)12-9-5-2-6-10-12;/h1-10,14H;1H. The Morgan fingerprint density at radius 3 is 1.33 bits per heavy atom. The van der Waals surface area contributed by atoms with Gasteiger partial charge in [-0.1, -0.05) is 60.7 Å². The van der Waals surface area contributed by atoms with Gasteiger partial charge < -0.3 is 4.57 Å². The van der Waals surface area contributed by atoms with E-state index in [4.69, 9.17) is 0 Å². The van der Waals surface area contributed by atoms with Crippen LogP contribution in [0.4, 0.5) is 4.70 Å². The molecule has 0 aliphatic heterocycles. The summed E-state index contributed by atoms with van der Waals surface area (Å²) in [6.07, 6.45) is 0. The molecule has 78 valence electrons. The Bertz CT molecular complexity index is 386. The molecule has 0 spiro atoms. The predicted molar refractivity (Wildman–Crippen MR) is 63.7 cm³/mol. The van der Waals surface area contributed by atoms with Crippen molar-refractivity contribution >= 4 is 18.4 Å². The van der Waals surface area contributed by atoms with Crippen LogP contribution in [-0.2, 0) is 4.57 Å². The normalized spacial score (nSPS) is 9.67. The van der Waals surface area contributed by atoms with Crippen molar-refractivity contribution < 1.29 is 9.27 Å². The number of rotatable bonds is 2. The highest BCUT2D eigenvalue weighted by Gasteiger charge is 2.03.